The number of rotatable bonds is 4. The maximum Gasteiger partial charge on any atom is 0.307 e. The Balaban J connectivity index is 1.96. The lowest BCUT2D eigenvalue weighted by molar-refractivity contribution is -0.142. The highest BCUT2D eigenvalue weighted by atomic mass is 32.2. The highest BCUT2D eigenvalue weighted by molar-refractivity contribution is 7.89. The van der Waals surface area contributed by atoms with Crippen molar-refractivity contribution in [3.63, 3.8) is 0 Å². The summed E-state index contributed by atoms with van der Waals surface area (Å²) >= 11 is 0. The van der Waals surface area contributed by atoms with Crippen molar-refractivity contribution in [2.45, 2.75) is 44.9 Å². The molecule has 2 fully saturated rings. The van der Waals surface area contributed by atoms with Crippen LogP contribution in [-0.2, 0) is 14.8 Å². The van der Waals surface area contributed by atoms with Gasteiger partial charge in [0.1, 0.15) is 0 Å². The van der Waals surface area contributed by atoms with Gasteiger partial charge in [0.2, 0.25) is 10.0 Å². The van der Waals surface area contributed by atoms with Crippen molar-refractivity contribution in [2.75, 3.05) is 18.8 Å². The third kappa shape index (κ3) is 3.92. The van der Waals surface area contributed by atoms with Crippen LogP contribution in [0.15, 0.2) is 0 Å². The third-order valence-corrected chi connectivity index (χ3v) is 6.31. The average Bonchev–Trinajstić information content (AvgIpc) is 2.39. The SMILES string of the molecule is O=C(O)[C@H]1CCCN(S(=O)(=O)CC2CCCCC2)C1. The molecule has 110 valence electrons. The molecule has 2 rings (SSSR count). The Hall–Kier alpha value is -0.620. The summed E-state index contributed by atoms with van der Waals surface area (Å²) in [5, 5.41) is 9.02. The average molecular weight is 289 g/mol. The molecule has 1 aliphatic carbocycles. The van der Waals surface area contributed by atoms with Gasteiger partial charge in [-0.1, -0.05) is 19.3 Å². The summed E-state index contributed by atoms with van der Waals surface area (Å²) in [6.45, 7) is 0.642. The van der Waals surface area contributed by atoms with Gasteiger partial charge >= 0.3 is 5.97 Å². The van der Waals surface area contributed by atoms with Gasteiger partial charge < -0.3 is 5.11 Å². The summed E-state index contributed by atoms with van der Waals surface area (Å²) in [6, 6.07) is 0. The molecule has 1 N–H and O–H groups in total. The first-order valence-electron chi connectivity index (χ1n) is 7.19. The Bertz CT molecular complexity index is 414. The molecule has 6 heteroatoms. The number of nitrogens with zero attached hydrogens (tertiary/aromatic N) is 1. The van der Waals surface area contributed by atoms with Crippen molar-refractivity contribution in [3.05, 3.63) is 0 Å². The lowest BCUT2D eigenvalue weighted by atomic mass is 9.91. The standard InChI is InChI=1S/C13H23NO4S/c15-13(16)12-7-4-8-14(9-12)19(17,18)10-11-5-2-1-3-6-11/h11-12H,1-10H2,(H,15,16)/t12-/m0/s1. The highest BCUT2D eigenvalue weighted by Crippen LogP contribution is 2.27. The molecule has 19 heavy (non-hydrogen) atoms. The molecule has 1 saturated carbocycles. The number of carboxylic acids is 1. The van der Waals surface area contributed by atoms with E-state index in [0.717, 1.165) is 25.7 Å². The van der Waals surface area contributed by atoms with Crippen LogP contribution in [0.25, 0.3) is 0 Å². The van der Waals surface area contributed by atoms with Gasteiger partial charge in [-0.3, -0.25) is 4.79 Å². The molecule has 0 radical (unpaired) electrons. The summed E-state index contributed by atoms with van der Waals surface area (Å²) in [5.41, 5.74) is 0. The van der Waals surface area contributed by atoms with E-state index in [0.29, 0.717) is 19.4 Å². The highest BCUT2D eigenvalue weighted by Gasteiger charge is 2.33. The Morgan fingerprint density at radius 1 is 1.11 bits per heavy atom. The minimum Gasteiger partial charge on any atom is -0.481 e. The van der Waals surface area contributed by atoms with Crippen LogP contribution < -0.4 is 0 Å². The monoisotopic (exact) mass is 289 g/mol. The number of carboxylic acid groups (broad SMARTS) is 1. The smallest absolute Gasteiger partial charge is 0.307 e. The first-order chi connectivity index (χ1) is 8.99. The van der Waals surface area contributed by atoms with E-state index in [1.807, 2.05) is 0 Å². The van der Waals surface area contributed by atoms with Crippen LogP contribution in [0.2, 0.25) is 0 Å². The zero-order valence-electron chi connectivity index (χ0n) is 11.3. The molecule has 1 saturated heterocycles. The van der Waals surface area contributed by atoms with Crippen LogP contribution in [-0.4, -0.2) is 42.6 Å². The second-order valence-electron chi connectivity index (χ2n) is 5.82. The fourth-order valence-corrected chi connectivity index (χ4v) is 5.11. The van der Waals surface area contributed by atoms with Crippen molar-refractivity contribution in [3.8, 4) is 0 Å². The van der Waals surface area contributed by atoms with Gasteiger partial charge in [-0.05, 0) is 31.6 Å². The molecular formula is C13H23NO4S. The van der Waals surface area contributed by atoms with E-state index in [1.165, 1.54) is 10.7 Å². The Morgan fingerprint density at radius 3 is 2.42 bits per heavy atom. The van der Waals surface area contributed by atoms with Crippen LogP contribution in [0, 0.1) is 11.8 Å². The van der Waals surface area contributed by atoms with Gasteiger partial charge in [-0.25, -0.2) is 12.7 Å². The number of hydrogen-bond donors (Lipinski definition) is 1. The van der Waals surface area contributed by atoms with Crippen LogP contribution in [0.4, 0.5) is 0 Å². The van der Waals surface area contributed by atoms with E-state index in [-0.39, 0.29) is 18.2 Å². The number of hydrogen-bond acceptors (Lipinski definition) is 3. The minimum atomic E-state index is -3.28. The second-order valence-corrected chi connectivity index (χ2v) is 7.83. The maximum absolute atomic E-state index is 12.4. The van der Waals surface area contributed by atoms with Gasteiger partial charge in [-0.15, -0.1) is 0 Å². The van der Waals surface area contributed by atoms with Crippen molar-refractivity contribution >= 4 is 16.0 Å². The van der Waals surface area contributed by atoms with E-state index in [2.05, 4.69) is 0 Å². The Labute approximate surface area is 115 Å². The van der Waals surface area contributed by atoms with E-state index in [4.69, 9.17) is 5.11 Å². The molecule has 0 aromatic carbocycles. The van der Waals surface area contributed by atoms with Gasteiger partial charge in [0, 0.05) is 13.1 Å². The summed E-state index contributed by atoms with van der Waals surface area (Å²) in [7, 11) is -3.28. The lowest BCUT2D eigenvalue weighted by Crippen LogP contribution is -2.44. The first-order valence-corrected chi connectivity index (χ1v) is 8.80. The quantitative estimate of drug-likeness (QED) is 0.854. The molecule has 0 bridgehead atoms. The summed E-state index contributed by atoms with van der Waals surface area (Å²) in [5.74, 6) is -0.935. The third-order valence-electron chi connectivity index (χ3n) is 4.30. The van der Waals surface area contributed by atoms with E-state index in [9.17, 15) is 13.2 Å². The van der Waals surface area contributed by atoms with Gasteiger partial charge in [0.15, 0.2) is 0 Å². The van der Waals surface area contributed by atoms with Crippen molar-refractivity contribution in [1.82, 2.24) is 4.31 Å². The molecule has 0 aromatic rings. The lowest BCUT2D eigenvalue weighted by Gasteiger charge is -2.31. The summed E-state index contributed by atoms with van der Waals surface area (Å²) in [4.78, 5) is 11.0. The van der Waals surface area contributed by atoms with Crippen molar-refractivity contribution in [1.29, 1.82) is 0 Å². The topological polar surface area (TPSA) is 74.7 Å². The van der Waals surface area contributed by atoms with Crippen LogP contribution in [0.5, 0.6) is 0 Å². The number of sulfonamides is 1. The first kappa shape index (κ1) is 14.8. The van der Waals surface area contributed by atoms with Crippen LogP contribution in [0.1, 0.15) is 44.9 Å². The molecule has 5 nitrogen and oxygen atoms in total. The Kier molecular flexibility index (Phi) is 4.84. The molecule has 1 heterocycles. The Morgan fingerprint density at radius 2 is 1.79 bits per heavy atom. The van der Waals surface area contributed by atoms with Crippen LogP contribution in [0.3, 0.4) is 0 Å². The molecule has 1 atom stereocenters. The van der Waals surface area contributed by atoms with Crippen LogP contribution >= 0.6 is 0 Å². The van der Waals surface area contributed by atoms with Crippen molar-refractivity contribution in [2.24, 2.45) is 11.8 Å². The van der Waals surface area contributed by atoms with Gasteiger partial charge in [-0.2, -0.15) is 0 Å². The molecular weight excluding hydrogens is 266 g/mol. The normalized spacial score (nSPS) is 27.3. The number of piperidine rings is 1. The largest absolute Gasteiger partial charge is 0.481 e. The minimum absolute atomic E-state index is 0.157. The maximum atomic E-state index is 12.4. The number of carbonyl (C=O) groups is 1. The molecule has 0 aromatic heterocycles. The molecule has 0 unspecified atom stereocenters. The zero-order chi connectivity index (χ0) is 13.9. The van der Waals surface area contributed by atoms with Crippen molar-refractivity contribution < 1.29 is 18.3 Å². The fraction of sp³-hybridized carbons (Fsp3) is 0.923. The fourth-order valence-electron chi connectivity index (χ4n) is 3.15. The second kappa shape index (κ2) is 6.22. The number of aliphatic carboxylic acids is 1. The predicted molar refractivity (Wildman–Crippen MR) is 72.3 cm³/mol. The summed E-state index contributed by atoms with van der Waals surface area (Å²) in [6.07, 6.45) is 6.69. The molecule has 0 amide bonds. The predicted octanol–water partition coefficient (Wildman–Crippen LogP) is 1.69. The summed E-state index contributed by atoms with van der Waals surface area (Å²) < 4.78 is 26.1. The van der Waals surface area contributed by atoms with E-state index < -0.39 is 21.9 Å². The van der Waals surface area contributed by atoms with E-state index in [1.54, 1.807) is 0 Å². The molecule has 0 spiro atoms. The van der Waals surface area contributed by atoms with Gasteiger partial charge in [0.25, 0.3) is 0 Å². The zero-order valence-corrected chi connectivity index (χ0v) is 12.1. The van der Waals surface area contributed by atoms with Gasteiger partial charge in [0.05, 0.1) is 11.7 Å². The molecule has 2 aliphatic rings. The van der Waals surface area contributed by atoms with E-state index >= 15 is 0 Å². The molecule has 1 aliphatic heterocycles.